The first-order chi connectivity index (χ1) is 15.8. The normalized spacial score (nSPS) is 14.4. The summed E-state index contributed by atoms with van der Waals surface area (Å²) in [5.41, 5.74) is -1.21. The number of carbonyl (C=O) groups excluding carboxylic acids is 2. The fraction of sp³-hybridized carbons (Fsp3) is 0.286. The van der Waals surface area contributed by atoms with Gasteiger partial charge in [0.25, 0.3) is 5.91 Å². The summed E-state index contributed by atoms with van der Waals surface area (Å²) in [6, 6.07) is 2.17. The fourth-order valence-electron chi connectivity index (χ4n) is 3.45. The highest BCUT2D eigenvalue weighted by atomic mass is 19.1. The van der Waals surface area contributed by atoms with Gasteiger partial charge in [-0.1, -0.05) is 6.92 Å². The number of rotatable bonds is 6. The van der Waals surface area contributed by atoms with Gasteiger partial charge in [0.15, 0.2) is 17.3 Å². The molecule has 3 aromatic rings. The van der Waals surface area contributed by atoms with Crippen LogP contribution in [0.1, 0.15) is 23.7 Å². The molecule has 0 radical (unpaired) electrons. The van der Waals surface area contributed by atoms with Gasteiger partial charge in [-0.15, -0.1) is 0 Å². The van der Waals surface area contributed by atoms with Crippen LogP contribution in [0.5, 0.6) is 0 Å². The van der Waals surface area contributed by atoms with Crippen LogP contribution in [0, 0.1) is 11.6 Å². The topological polar surface area (TPSA) is 109 Å². The zero-order valence-corrected chi connectivity index (χ0v) is 17.4. The lowest BCUT2D eigenvalue weighted by molar-refractivity contribution is 0.0927. The number of nitrogens with zero attached hydrogens (tertiary/aromatic N) is 4. The summed E-state index contributed by atoms with van der Waals surface area (Å²) in [6.07, 6.45) is 2.09. The molecule has 1 saturated heterocycles. The lowest BCUT2D eigenvalue weighted by Gasteiger charge is -2.17. The molecule has 0 aliphatic carbocycles. The van der Waals surface area contributed by atoms with Crippen molar-refractivity contribution in [3.8, 4) is 5.82 Å². The van der Waals surface area contributed by atoms with E-state index in [2.05, 4.69) is 20.6 Å². The second-order valence-corrected chi connectivity index (χ2v) is 7.36. The van der Waals surface area contributed by atoms with E-state index in [1.54, 1.807) is 6.92 Å². The van der Waals surface area contributed by atoms with Crippen LogP contribution in [0.25, 0.3) is 16.9 Å². The van der Waals surface area contributed by atoms with E-state index < -0.39 is 53.1 Å². The van der Waals surface area contributed by atoms with Crippen molar-refractivity contribution in [1.29, 1.82) is 0 Å². The molecule has 3 aromatic heterocycles. The maximum atomic E-state index is 14.6. The van der Waals surface area contributed by atoms with Crippen LogP contribution in [0.4, 0.5) is 23.8 Å². The predicted octanol–water partition coefficient (Wildman–Crippen LogP) is 2.07. The summed E-state index contributed by atoms with van der Waals surface area (Å²) >= 11 is 0. The molecular formula is C21H19F3N6O3. The molecule has 0 spiro atoms. The van der Waals surface area contributed by atoms with Crippen LogP contribution >= 0.6 is 0 Å². The lowest BCUT2D eigenvalue weighted by atomic mass is 10.1. The van der Waals surface area contributed by atoms with Gasteiger partial charge in [-0.3, -0.25) is 19.1 Å². The standard InChI is InChI=1S/C21H19F3N6O3/c1-2-12(8-22)27-20(32)14-10-30(19-15(24)7-11(23)9-26-19)18-13(17(14)31)3-4-16(28-18)29-6-5-25-21(29)33/h3-4,7,9-10,12H,2,5-6,8H2,1H3,(H,25,33)(H,27,32)/t12-/m0/s1. The van der Waals surface area contributed by atoms with Gasteiger partial charge in [0.1, 0.15) is 23.9 Å². The van der Waals surface area contributed by atoms with Crippen molar-refractivity contribution in [2.24, 2.45) is 0 Å². The highest BCUT2D eigenvalue weighted by Gasteiger charge is 2.25. The second-order valence-electron chi connectivity index (χ2n) is 7.36. The molecule has 12 heteroatoms. The Morgan fingerprint density at radius 3 is 2.73 bits per heavy atom. The molecule has 0 bridgehead atoms. The minimum absolute atomic E-state index is 0.0650. The number of pyridine rings is 3. The lowest BCUT2D eigenvalue weighted by Crippen LogP contribution is -2.38. The Kier molecular flexibility index (Phi) is 5.99. The van der Waals surface area contributed by atoms with Crippen molar-refractivity contribution in [1.82, 2.24) is 25.2 Å². The Hall–Kier alpha value is -3.96. The quantitative estimate of drug-likeness (QED) is 0.586. The van der Waals surface area contributed by atoms with Crippen LogP contribution in [0.2, 0.25) is 0 Å². The third kappa shape index (κ3) is 4.11. The highest BCUT2D eigenvalue weighted by Crippen LogP contribution is 2.22. The zero-order chi connectivity index (χ0) is 23.7. The molecule has 0 unspecified atom stereocenters. The number of urea groups is 1. The van der Waals surface area contributed by atoms with Crippen molar-refractivity contribution in [2.75, 3.05) is 24.7 Å². The van der Waals surface area contributed by atoms with Gasteiger partial charge in [-0.25, -0.2) is 27.9 Å². The van der Waals surface area contributed by atoms with Crippen LogP contribution in [-0.4, -0.2) is 52.3 Å². The van der Waals surface area contributed by atoms with Crippen molar-refractivity contribution in [3.05, 3.63) is 58.0 Å². The minimum Gasteiger partial charge on any atom is -0.347 e. The maximum absolute atomic E-state index is 14.6. The molecule has 2 N–H and O–H groups in total. The number of hydrogen-bond donors (Lipinski definition) is 2. The SMILES string of the molecule is CC[C@@H](CF)NC(=O)c1cn(-c2ncc(F)cc2F)c2nc(N3CCNC3=O)ccc2c1=O. The summed E-state index contributed by atoms with van der Waals surface area (Å²) in [5, 5.41) is 4.98. The van der Waals surface area contributed by atoms with Gasteiger partial charge in [-0.2, -0.15) is 0 Å². The Balaban J connectivity index is 1.95. The van der Waals surface area contributed by atoms with E-state index >= 15 is 0 Å². The van der Waals surface area contributed by atoms with Gasteiger partial charge in [0.05, 0.1) is 17.6 Å². The zero-order valence-electron chi connectivity index (χ0n) is 17.4. The molecule has 1 aliphatic rings. The number of carbonyl (C=O) groups is 2. The molecule has 0 saturated carbocycles. The van der Waals surface area contributed by atoms with Crippen LogP contribution in [0.3, 0.4) is 0 Å². The van der Waals surface area contributed by atoms with Crippen molar-refractivity contribution in [2.45, 2.75) is 19.4 Å². The summed E-state index contributed by atoms with van der Waals surface area (Å²) in [6.45, 7) is 1.56. The third-order valence-electron chi connectivity index (χ3n) is 5.24. The summed E-state index contributed by atoms with van der Waals surface area (Å²) in [5.74, 6) is -3.06. The van der Waals surface area contributed by atoms with E-state index in [1.807, 2.05) is 0 Å². The number of amides is 3. The Bertz CT molecular complexity index is 1310. The molecule has 9 nitrogen and oxygen atoms in total. The van der Waals surface area contributed by atoms with Gasteiger partial charge >= 0.3 is 6.03 Å². The average Bonchev–Trinajstić information content (AvgIpc) is 3.23. The number of hydrogen-bond acceptors (Lipinski definition) is 5. The van der Waals surface area contributed by atoms with E-state index in [0.717, 1.165) is 17.0 Å². The molecule has 3 amide bonds. The van der Waals surface area contributed by atoms with E-state index in [4.69, 9.17) is 0 Å². The highest BCUT2D eigenvalue weighted by molar-refractivity contribution is 5.98. The number of anilines is 1. The number of aromatic nitrogens is 3. The van der Waals surface area contributed by atoms with Crippen molar-refractivity contribution in [3.63, 3.8) is 0 Å². The first kappa shape index (κ1) is 22.2. The molecule has 4 rings (SSSR count). The third-order valence-corrected chi connectivity index (χ3v) is 5.24. The van der Waals surface area contributed by atoms with E-state index in [-0.39, 0.29) is 16.9 Å². The Morgan fingerprint density at radius 1 is 1.30 bits per heavy atom. The van der Waals surface area contributed by atoms with Crippen LogP contribution in [-0.2, 0) is 0 Å². The number of alkyl halides is 1. The molecular weight excluding hydrogens is 441 g/mol. The van der Waals surface area contributed by atoms with Crippen LogP contribution < -0.4 is 21.0 Å². The fourth-order valence-corrected chi connectivity index (χ4v) is 3.45. The van der Waals surface area contributed by atoms with Gasteiger partial charge in [0, 0.05) is 25.4 Å². The van der Waals surface area contributed by atoms with E-state index in [9.17, 15) is 27.6 Å². The molecule has 4 heterocycles. The minimum atomic E-state index is -1.06. The molecule has 1 atom stereocenters. The molecule has 33 heavy (non-hydrogen) atoms. The van der Waals surface area contributed by atoms with Crippen molar-refractivity contribution < 1.29 is 22.8 Å². The predicted molar refractivity (Wildman–Crippen MR) is 113 cm³/mol. The van der Waals surface area contributed by atoms with E-state index in [0.29, 0.717) is 25.6 Å². The number of fused-ring (bicyclic) bond motifs is 1. The first-order valence-corrected chi connectivity index (χ1v) is 10.1. The molecule has 1 aliphatic heterocycles. The van der Waals surface area contributed by atoms with E-state index in [1.165, 1.54) is 17.0 Å². The molecule has 172 valence electrons. The van der Waals surface area contributed by atoms with Gasteiger partial charge in [0.2, 0.25) is 5.43 Å². The Labute approximate surface area is 185 Å². The van der Waals surface area contributed by atoms with Gasteiger partial charge in [-0.05, 0) is 18.6 Å². The summed E-state index contributed by atoms with van der Waals surface area (Å²) in [7, 11) is 0. The first-order valence-electron chi connectivity index (χ1n) is 10.1. The monoisotopic (exact) mass is 460 g/mol. The molecule has 1 fully saturated rings. The van der Waals surface area contributed by atoms with Crippen LogP contribution in [0.15, 0.2) is 35.4 Å². The number of nitrogens with one attached hydrogen (secondary N) is 2. The smallest absolute Gasteiger partial charge is 0.323 e. The summed E-state index contributed by atoms with van der Waals surface area (Å²) < 4.78 is 42.2. The number of halogens is 3. The summed E-state index contributed by atoms with van der Waals surface area (Å²) in [4.78, 5) is 47.3. The Morgan fingerprint density at radius 2 is 2.09 bits per heavy atom. The largest absolute Gasteiger partial charge is 0.347 e. The average molecular weight is 460 g/mol. The van der Waals surface area contributed by atoms with Gasteiger partial charge < -0.3 is 10.6 Å². The maximum Gasteiger partial charge on any atom is 0.323 e. The second kappa shape index (κ2) is 8.88. The molecule has 0 aromatic carbocycles. The van der Waals surface area contributed by atoms with Crippen molar-refractivity contribution >= 4 is 28.8 Å².